The predicted octanol–water partition coefficient (Wildman–Crippen LogP) is 3.85. The monoisotopic (exact) mass is 596 g/mol. The van der Waals surface area contributed by atoms with Crippen LogP contribution in [0.15, 0.2) is 42.5 Å². The number of hydrogen-bond acceptors (Lipinski definition) is 7. The number of ether oxygens (including phenoxy) is 1. The maximum absolute atomic E-state index is 13.8. The molecular weight excluding hydrogens is 556 g/mol. The van der Waals surface area contributed by atoms with E-state index in [9.17, 15) is 24.0 Å². The van der Waals surface area contributed by atoms with Crippen LogP contribution in [0.2, 0.25) is 0 Å². The Morgan fingerprint density at radius 3 is 2.14 bits per heavy atom. The third-order valence-electron chi connectivity index (χ3n) is 7.50. The number of thiophene rings is 1. The van der Waals surface area contributed by atoms with Gasteiger partial charge in [-0.1, -0.05) is 69.4 Å². The van der Waals surface area contributed by atoms with Gasteiger partial charge in [0.25, 0.3) is 0 Å². The fourth-order valence-corrected chi connectivity index (χ4v) is 6.65. The zero-order chi connectivity index (χ0) is 30.6. The molecule has 10 nitrogen and oxygen atoms in total. The van der Waals surface area contributed by atoms with Crippen LogP contribution in [0.25, 0.3) is 10.4 Å². The molecule has 2 aliphatic rings. The minimum atomic E-state index is -0.893. The summed E-state index contributed by atoms with van der Waals surface area (Å²) in [5.41, 5.74) is 1.01. The van der Waals surface area contributed by atoms with Crippen LogP contribution in [-0.4, -0.2) is 76.7 Å². The minimum Gasteiger partial charge on any atom is -0.399 e. The molecule has 4 amide bonds. The fraction of sp³-hybridized carbons (Fsp3) is 0.516. The number of hydrogen-bond donors (Lipinski definition) is 2. The van der Waals surface area contributed by atoms with Gasteiger partial charge in [-0.2, -0.15) is 0 Å². The lowest BCUT2D eigenvalue weighted by atomic mass is 10.0. The zero-order valence-corrected chi connectivity index (χ0v) is 25.6. The van der Waals surface area contributed by atoms with Crippen LogP contribution < -0.4 is 15.4 Å². The Morgan fingerprint density at radius 1 is 0.905 bits per heavy atom. The summed E-state index contributed by atoms with van der Waals surface area (Å²) in [7, 11) is 0. The molecule has 4 rings (SSSR count). The number of Topliss-reactive ketones (excluding diaryl/α,β-unsaturated/α-hetero) is 1. The van der Waals surface area contributed by atoms with Gasteiger partial charge >= 0.3 is 6.09 Å². The van der Waals surface area contributed by atoms with Crippen molar-refractivity contribution in [1.29, 1.82) is 0 Å². The molecule has 4 atom stereocenters. The first-order chi connectivity index (χ1) is 19.9. The highest BCUT2D eigenvalue weighted by molar-refractivity contribution is 7.17. The number of benzene rings is 1. The van der Waals surface area contributed by atoms with Crippen molar-refractivity contribution in [2.45, 2.75) is 78.0 Å². The molecule has 42 heavy (non-hydrogen) atoms. The van der Waals surface area contributed by atoms with Crippen molar-refractivity contribution >= 4 is 40.9 Å². The Labute approximate surface area is 250 Å². The third-order valence-corrected chi connectivity index (χ3v) is 8.51. The van der Waals surface area contributed by atoms with E-state index in [0.29, 0.717) is 24.3 Å². The lowest BCUT2D eigenvalue weighted by molar-refractivity contribution is -0.138. The summed E-state index contributed by atoms with van der Waals surface area (Å²) < 4.78 is 5.53. The van der Waals surface area contributed by atoms with Crippen molar-refractivity contribution in [2.24, 2.45) is 11.8 Å². The first-order valence-electron chi connectivity index (χ1n) is 14.5. The molecule has 3 heterocycles. The summed E-state index contributed by atoms with van der Waals surface area (Å²) in [6.45, 7) is 9.36. The first kappa shape index (κ1) is 31.2. The van der Waals surface area contributed by atoms with Crippen LogP contribution in [0, 0.1) is 11.8 Å². The molecule has 226 valence electrons. The van der Waals surface area contributed by atoms with Crippen molar-refractivity contribution in [1.82, 2.24) is 20.4 Å². The van der Waals surface area contributed by atoms with Crippen molar-refractivity contribution < 1.29 is 28.7 Å². The SMILES string of the molecule is CC(=O)NC(CC(C)C)C(=O)N1CC(=O)C2C1CCN2C(=O)C(CC(C)C)NC(=O)Oc1ccc(-c2ccccc2)s1. The molecule has 1 aromatic carbocycles. The van der Waals surface area contributed by atoms with Crippen LogP contribution in [0.1, 0.15) is 53.9 Å². The zero-order valence-electron chi connectivity index (χ0n) is 24.8. The van der Waals surface area contributed by atoms with Gasteiger partial charge in [0.05, 0.1) is 12.6 Å². The van der Waals surface area contributed by atoms with E-state index in [2.05, 4.69) is 10.6 Å². The van der Waals surface area contributed by atoms with Gasteiger partial charge in [0.15, 0.2) is 10.8 Å². The normalized spacial score (nSPS) is 19.5. The maximum Gasteiger partial charge on any atom is 0.414 e. The van der Waals surface area contributed by atoms with E-state index in [4.69, 9.17) is 4.74 Å². The molecule has 0 bridgehead atoms. The standard InChI is InChI=1S/C31H40N4O6S/c1-18(2)15-22(32-20(5)36)30(39)35-17-25(37)28-24(35)13-14-34(28)29(38)23(16-19(3)4)33-31(40)41-27-12-11-26(42-27)21-9-7-6-8-10-21/h6-12,18-19,22-24,28H,13-17H2,1-5H3,(H,32,36)(H,33,40). The maximum atomic E-state index is 13.8. The van der Waals surface area contributed by atoms with Gasteiger partial charge in [-0.15, -0.1) is 0 Å². The van der Waals surface area contributed by atoms with E-state index in [1.165, 1.54) is 28.1 Å². The molecule has 4 unspecified atom stereocenters. The molecule has 0 radical (unpaired) electrons. The van der Waals surface area contributed by atoms with E-state index in [1.54, 1.807) is 6.07 Å². The number of rotatable bonds is 10. The second kappa shape index (κ2) is 13.5. The van der Waals surface area contributed by atoms with E-state index in [1.807, 2.05) is 64.1 Å². The number of carbonyl (C=O) groups is 5. The van der Waals surface area contributed by atoms with Gasteiger partial charge in [-0.25, -0.2) is 4.79 Å². The predicted molar refractivity (Wildman–Crippen MR) is 160 cm³/mol. The van der Waals surface area contributed by atoms with Crippen LogP contribution in [-0.2, 0) is 19.2 Å². The summed E-state index contributed by atoms with van der Waals surface area (Å²) in [5, 5.41) is 5.86. The van der Waals surface area contributed by atoms with Crippen LogP contribution in [0.5, 0.6) is 5.06 Å². The third kappa shape index (κ3) is 7.36. The highest BCUT2D eigenvalue weighted by Crippen LogP contribution is 2.34. The van der Waals surface area contributed by atoms with Gasteiger partial charge in [0.1, 0.15) is 18.1 Å². The van der Waals surface area contributed by atoms with Gasteiger partial charge in [-0.05, 0) is 48.8 Å². The Bertz CT molecular complexity index is 1310. The Kier molecular flexibility index (Phi) is 10.0. The van der Waals surface area contributed by atoms with Crippen LogP contribution >= 0.6 is 11.3 Å². The Morgan fingerprint density at radius 2 is 1.52 bits per heavy atom. The molecule has 2 N–H and O–H groups in total. The number of ketones is 1. The summed E-state index contributed by atoms with van der Waals surface area (Å²) in [5.74, 6) is -0.970. The van der Waals surface area contributed by atoms with Crippen molar-refractivity contribution in [2.75, 3.05) is 13.1 Å². The summed E-state index contributed by atoms with van der Waals surface area (Å²) in [6, 6.07) is 10.5. The van der Waals surface area contributed by atoms with Crippen molar-refractivity contribution in [3.05, 3.63) is 42.5 Å². The molecule has 0 saturated carbocycles. The minimum absolute atomic E-state index is 0.0795. The molecule has 2 fully saturated rings. The summed E-state index contributed by atoms with van der Waals surface area (Å²) >= 11 is 1.33. The number of carbonyl (C=O) groups excluding carboxylic acids is 5. The van der Waals surface area contributed by atoms with Gasteiger partial charge in [-0.3, -0.25) is 19.2 Å². The van der Waals surface area contributed by atoms with E-state index >= 15 is 0 Å². The quantitative estimate of drug-likeness (QED) is 0.429. The molecule has 0 spiro atoms. The molecule has 0 aliphatic carbocycles. The van der Waals surface area contributed by atoms with Gasteiger partial charge in [0.2, 0.25) is 17.7 Å². The average molecular weight is 597 g/mol. The first-order valence-corrected chi connectivity index (χ1v) is 15.3. The second-order valence-corrected chi connectivity index (χ2v) is 12.9. The fourth-order valence-electron chi connectivity index (χ4n) is 5.79. The molecule has 2 aromatic rings. The summed E-state index contributed by atoms with van der Waals surface area (Å²) in [6.07, 6.45) is 0.506. The number of fused-ring (bicyclic) bond motifs is 1. The molecule has 1 aromatic heterocycles. The smallest absolute Gasteiger partial charge is 0.399 e. The van der Waals surface area contributed by atoms with Crippen molar-refractivity contribution in [3.8, 4) is 15.5 Å². The molecular formula is C31H40N4O6S. The van der Waals surface area contributed by atoms with Crippen LogP contribution in [0.3, 0.4) is 0 Å². The van der Waals surface area contributed by atoms with Gasteiger partial charge < -0.3 is 25.2 Å². The molecule has 2 saturated heterocycles. The average Bonchev–Trinajstić information content (AvgIpc) is 3.64. The second-order valence-electron chi connectivity index (χ2n) is 11.8. The van der Waals surface area contributed by atoms with E-state index < -0.39 is 30.3 Å². The number of nitrogens with one attached hydrogen (secondary N) is 2. The lowest BCUT2D eigenvalue weighted by Gasteiger charge is -2.30. The number of likely N-dealkylation sites (tertiary alicyclic amines) is 2. The Balaban J connectivity index is 1.44. The highest BCUT2D eigenvalue weighted by atomic mass is 32.1. The molecule has 11 heteroatoms. The highest BCUT2D eigenvalue weighted by Gasteiger charge is 2.53. The number of amides is 4. The van der Waals surface area contributed by atoms with Gasteiger partial charge in [0, 0.05) is 18.3 Å². The van der Waals surface area contributed by atoms with E-state index in [-0.39, 0.29) is 48.4 Å². The molecule has 2 aliphatic heterocycles. The van der Waals surface area contributed by atoms with Crippen LogP contribution in [0.4, 0.5) is 4.79 Å². The lowest BCUT2D eigenvalue weighted by Crippen LogP contribution is -2.54. The largest absolute Gasteiger partial charge is 0.414 e. The topological polar surface area (TPSA) is 125 Å². The van der Waals surface area contributed by atoms with E-state index in [0.717, 1.165) is 10.4 Å². The summed E-state index contributed by atoms with van der Waals surface area (Å²) in [4.78, 5) is 69.1. The Hall–Kier alpha value is -3.73. The number of nitrogens with zero attached hydrogens (tertiary/aromatic N) is 2. The van der Waals surface area contributed by atoms with Crippen molar-refractivity contribution in [3.63, 3.8) is 0 Å².